The number of nitrogens with one attached hydrogen (secondary N) is 2. The second-order valence-corrected chi connectivity index (χ2v) is 6.58. The Morgan fingerprint density at radius 3 is 1.93 bits per heavy atom. The van der Waals surface area contributed by atoms with Crippen molar-refractivity contribution >= 4 is 22.7 Å². The maximum absolute atomic E-state index is 10.7. The van der Waals surface area contributed by atoms with Crippen LogP contribution in [0.25, 0.3) is 0 Å². The van der Waals surface area contributed by atoms with E-state index >= 15 is 0 Å². The minimum Gasteiger partial charge on any atom is -0.397 e. The fraction of sp³-hybridized carbons (Fsp3) is 0.364. The summed E-state index contributed by atoms with van der Waals surface area (Å²) in [7, 11) is 0. The Bertz CT molecular complexity index is 915. The summed E-state index contributed by atoms with van der Waals surface area (Å²) in [5.41, 5.74) is 8.79. The van der Waals surface area contributed by atoms with Gasteiger partial charge >= 0.3 is 0 Å². The minimum atomic E-state index is -0.449. The Hall–Kier alpha value is -3.78. The van der Waals surface area contributed by atoms with E-state index in [0.29, 0.717) is 29.0 Å². The fourth-order valence-electron chi connectivity index (χ4n) is 2.48. The van der Waals surface area contributed by atoms with Crippen molar-refractivity contribution in [2.24, 2.45) is 0 Å². The van der Waals surface area contributed by atoms with Crippen LogP contribution in [0.3, 0.4) is 0 Å². The van der Waals surface area contributed by atoms with Gasteiger partial charge < -0.3 is 16.4 Å². The lowest BCUT2D eigenvalue weighted by Gasteiger charge is -2.08. The summed E-state index contributed by atoms with van der Waals surface area (Å²) in [6, 6.07) is 13.6. The third kappa shape index (κ3) is 8.07. The number of nitrogen functional groups attached to an aromatic ring is 1. The molecule has 0 saturated heterocycles. The van der Waals surface area contributed by atoms with Crippen molar-refractivity contribution in [2.45, 2.75) is 39.5 Å². The van der Waals surface area contributed by atoms with E-state index in [2.05, 4.69) is 23.6 Å². The van der Waals surface area contributed by atoms with Crippen LogP contribution in [-0.4, -0.2) is 18.0 Å². The van der Waals surface area contributed by atoms with Crippen molar-refractivity contribution in [1.82, 2.24) is 0 Å². The lowest BCUT2D eigenvalue weighted by Crippen LogP contribution is -2.04. The molecule has 2 rings (SSSR count). The van der Waals surface area contributed by atoms with Gasteiger partial charge in [0.05, 0.1) is 39.6 Å². The van der Waals surface area contributed by atoms with E-state index in [1.807, 2.05) is 13.0 Å². The number of nitro benzene ring substituents is 1. The fourth-order valence-corrected chi connectivity index (χ4v) is 2.48. The molecule has 2 aromatic rings. The molecule has 0 fully saturated rings. The van der Waals surface area contributed by atoms with Gasteiger partial charge in [-0.2, -0.15) is 10.5 Å². The SMILES string of the molecule is CCCCNc1cc(C#N)ccc1N.CCCCNc1cc(C#N)ccc1[N+](=O)[O-]. The van der Waals surface area contributed by atoms with Gasteiger partial charge in [-0.3, -0.25) is 10.1 Å². The van der Waals surface area contributed by atoms with Gasteiger partial charge in [-0.1, -0.05) is 26.7 Å². The summed E-state index contributed by atoms with van der Waals surface area (Å²) in [5, 5.41) is 34.3. The molecule has 0 spiro atoms. The summed E-state index contributed by atoms with van der Waals surface area (Å²) in [6.07, 6.45) is 4.20. The number of benzene rings is 2. The lowest BCUT2D eigenvalue weighted by atomic mass is 10.2. The van der Waals surface area contributed by atoms with Gasteiger partial charge in [-0.25, -0.2) is 0 Å². The topological polar surface area (TPSA) is 141 Å². The van der Waals surface area contributed by atoms with Crippen LogP contribution >= 0.6 is 0 Å². The van der Waals surface area contributed by atoms with Gasteiger partial charge in [0, 0.05) is 19.2 Å². The van der Waals surface area contributed by atoms with Crippen molar-refractivity contribution in [2.75, 3.05) is 29.5 Å². The molecule has 0 bridgehead atoms. The van der Waals surface area contributed by atoms with Gasteiger partial charge in [0.15, 0.2) is 0 Å². The first-order valence-electron chi connectivity index (χ1n) is 9.92. The van der Waals surface area contributed by atoms with E-state index < -0.39 is 4.92 Å². The van der Waals surface area contributed by atoms with Crippen LogP contribution in [0.5, 0.6) is 0 Å². The number of hydrogen-bond acceptors (Lipinski definition) is 7. The van der Waals surface area contributed by atoms with Crippen LogP contribution in [0.15, 0.2) is 36.4 Å². The quantitative estimate of drug-likeness (QED) is 0.229. The van der Waals surface area contributed by atoms with E-state index in [9.17, 15) is 10.1 Å². The molecule has 0 atom stereocenters. The number of nitriles is 2. The number of nitro groups is 1. The van der Waals surface area contributed by atoms with Crippen LogP contribution in [0.2, 0.25) is 0 Å². The summed E-state index contributed by atoms with van der Waals surface area (Å²) in [4.78, 5) is 10.3. The van der Waals surface area contributed by atoms with E-state index in [-0.39, 0.29) is 5.69 Å². The van der Waals surface area contributed by atoms with Crippen LogP contribution in [0, 0.1) is 32.8 Å². The summed E-state index contributed by atoms with van der Waals surface area (Å²) < 4.78 is 0. The van der Waals surface area contributed by atoms with Crippen LogP contribution in [0.4, 0.5) is 22.7 Å². The number of rotatable bonds is 9. The molecule has 0 aliphatic heterocycles. The Balaban J connectivity index is 0.000000303. The van der Waals surface area contributed by atoms with Gasteiger partial charge in [0.1, 0.15) is 5.69 Å². The largest absolute Gasteiger partial charge is 0.397 e. The van der Waals surface area contributed by atoms with Gasteiger partial charge in [0.25, 0.3) is 5.69 Å². The molecule has 30 heavy (non-hydrogen) atoms. The molecule has 8 heteroatoms. The summed E-state index contributed by atoms with van der Waals surface area (Å²) >= 11 is 0. The standard InChI is InChI=1S/C11H13N3O2.C11H15N3/c1-2-3-6-13-10-7-9(8-12)4-5-11(10)14(15)16;1-2-3-6-14-11-7-9(8-12)4-5-10(11)13/h4-5,7,13H,2-3,6H2,1H3;4-5,7,14H,2-3,6,13H2,1H3. The highest BCUT2D eigenvalue weighted by molar-refractivity contribution is 5.68. The van der Waals surface area contributed by atoms with Crippen molar-refractivity contribution in [1.29, 1.82) is 10.5 Å². The van der Waals surface area contributed by atoms with Crippen molar-refractivity contribution in [3.05, 3.63) is 57.6 Å². The van der Waals surface area contributed by atoms with Gasteiger partial charge in [-0.05, 0) is 43.2 Å². The highest BCUT2D eigenvalue weighted by atomic mass is 16.6. The number of hydrogen-bond donors (Lipinski definition) is 3. The van der Waals surface area contributed by atoms with Gasteiger partial charge in [-0.15, -0.1) is 0 Å². The second-order valence-electron chi connectivity index (χ2n) is 6.58. The smallest absolute Gasteiger partial charge is 0.292 e. The van der Waals surface area contributed by atoms with Crippen molar-refractivity contribution in [3.63, 3.8) is 0 Å². The average Bonchev–Trinajstić information content (AvgIpc) is 2.75. The molecule has 0 radical (unpaired) electrons. The number of unbranched alkanes of at least 4 members (excludes halogenated alkanes) is 2. The average molecular weight is 409 g/mol. The molecule has 0 aromatic heterocycles. The Morgan fingerprint density at radius 2 is 1.43 bits per heavy atom. The van der Waals surface area contributed by atoms with Gasteiger partial charge in [0.2, 0.25) is 0 Å². The summed E-state index contributed by atoms with van der Waals surface area (Å²) in [5.74, 6) is 0. The molecule has 0 unspecified atom stereocenters. The van der Waals surface area contributed by atoms with Crippen LogP contribution in [0.1, 0.15) is 50.7 Å². The van der Waals surface area contributed by atoms with E-state index in [4.69, 9.17) is 16.3 Å². The predicted octanol–water partition coefficient (Wildman–Crippen LogP) is 5.03. The Labute approximate surface area is 177 Å². The predicted molar refractivity (Wildman–Crippen MR) is 120 cm³/mol. The summed E-state index contributed by atoms with van der Waals surface area (Å²) in [6.45, 7) is 5.75. The van der Waals surface area contributed by atoms with Crippen LogP contribution in [-0.2, 0) is 0 Å². The van der Waals surface area contributed by atoms with E-state index in [1.54, 1.807) is 18.2 Å². The molecule has 0 aliphatic carbocycles. The Kier molecular flexibility index (Phi) is 10.8. The zero-order chi connectivity index (χ0) is 22.4. The zero-order valence-electron chi connectivity index (χ0n) is 17.4. The highest BCUT2D eigenvalue weighted by Gasteiger charge is 2.13. The molecule has 8 nitrogen and oxygen atoms in total. The Morgan fingerprint density at radius 1 is 0.933 bits per heavy atom. The first kappa shape index (κ1) is 24.3. The molecule has 158 valence electrons. The maximum atomic E-state index is 10.7. The molecule has 0 amide bonds. The highest BCUT2D eigenvalue weighted by Crippen LogP contribution is 2.25. The van der Waals surface area contributed by atoms with E-state index in [0.717, 1.165) is 37.9 Å². The third-order valence-corrected chi connectivity index (χ3v) is 4.20. The molecular formula is C22H28N6O2. The molecule has 0 aliphatic rings. The molecule has 2 aromatic carbocycles. The third-order valence-electron chi connectivity index (χ3n) is 4.20. The molecule has 0 heterocycles. The molecular weight excluding hydrogens is 380 g/mol. The number of anilines is 3. The van der Waals surface area contributed by atoms with Crippen LogP contribution < -0.4 is 16.4 Å². The lowest BCUT2D eigenvalue weighted by molar-refractivity contribution is -0.384. The maximum Gasteiger partial charge on any atom is 0.292 e. The normalized spacial score (nSPS) is 9.47. The zero-order valence-corrected chi connectivity index (χ0v) is 17.4. The first-order chi connectivity index (χ1) is 14.5. The number of nitrogens with zero attached hydrogens (tertiary/aromatic N) is 3. The van der Waals surface area contributed by atoms with Crippen molar-refractivity contribution in [3.8, 4) is 12.1 Å². The minimum absolute atomic E-state index is 0.00935. The first-order valence-corrected chi connectivity index (χ1v) is 9.92. The number of nitrogens with two attached hydrogens (primary N) is 1. The molecule has 0 saturated carbocycles. The monoisotopic (exact) mass is 408 g/mol. The molecule has 4 N–H and O–H groups in total. The van der Waals surface area contributed by atoms with Crippen molar-refractivity contribution < 1.29 is 4.92 Å². The second kappa shape index (κ2) is 13.4. The van der Waals surface area contributed by atoms with E-state index in [1.165, 1.54) is 18.2 Å².